The monoisotopic (exact) mass is 685 g/mol. The number of primary amides is 1. The molecule has 4 amide bonds. The van der Waals surface area contributed by atoms with Crippen molar-refractivity contribution in [2.45, 2.75) is 142 Å². The van der Waals surface area contributed by atoms with Crippen LogP contribution in [-0.2, 0) is 30.2 Å². The summed E-state index contributed by atoms with van der Waals surface area (Å²) in [7, 11) is 0. The molecule has 1 aromatic carbocycles. The number of nitrogens with two attached hydrogens (primary N) is 1. The summed E-state index contributed by atoms with van der Waals surface area (Å²) in [5, 5.41) is 8.66. The first-order valence-electron chi connectivity index (χ1n) is 17.4. The molecule has 1 aliphatic rings. The summed E-state index contributed by atoms with van der Waals surface area (Å²) in [6.45, 7) is 10.6. The third kappa shape index (κ3) is 13.6. The van der Waals surface area contributed by atoms with Crippen molar-refractivity contribution in [3.05, 3.63) is 36.0 Å². The van der Waals surface area contributed by atoms with Crippen LogP contribution in [0.5, 0.6) is 0 Å². The van der Waals surface area contributed by atoms with E-state index in [9.17, 15) is 24.0 Å². The van der Waals surface area contributed by atoms with E-state index in [1.54, 1.807) is 59.9 Å². The normalized spacial score (nSPS) is 15.9. The fourth-order valence-corrected chi connectivity index (χ4v) is 5.75. The molecule has 49 heavy (non-hydrogen) atoms. The molecule has 1 aromatic heterocycles. The second-order valence-corrected chi connectivity index (χ2v) is 14.7. The summed E-state index contributed by atoms with van der Waals surface area (Å²) >= 11 is 0. The van der Waals surface area contributed by atoms with Crippen molar-refractivity contribution in [1.29, 1.82) is 0 Å². The number of nitrogens with zero attached hydrogens (tertiary/aromatic N) is 1. The van der Waals surface area contributed by atoms with E-state index in [2.05, 4.69) is 16.0 Å². The van der Waals surface area contributed by atoms with Crippen molar-refractivity contribution in [3.63, 3.8) is 0 Å². The number of nitrogens with one attached hydrogen (secondary N) is 3. The fraction of sp³-hybridized carbons (Fsp3) is 0.639. The Kier molecular flexibility index (Phi) is 14.3. The predicted octanol–water partition coefficient (Wildman–Crippen LogP) is 5.84. The topological polar surface area (TPSA) is 180 Å². The Balaban J connectivity index is 1.90. The number of para-hydroxylation sites is 1. The summed E-state index contributed by atoms with van der Waals surface area (Å²) < 4.78 is 18.4. The Morgan fingerprint density at radius 1 is 0.857 bits per heavy atom. The molecule has 1 fully saturated rings. The van der Waals surface area contributed by atoms with Crippen LogP contribution in [0, 0.1) is 0 Å². The van der Waals surface area contributed by atoms with Gasteiger partial charge < -0.3 is 35.9 Å². The lowest BCUT2D eigenvalue weighted by Gasteiger charge is -2.26. The van der Waals surface area contributed by atoms with Gasteiger partial charge in [0.1, 0.15) is 29.4 Å². The Hall–Kier alpha value is -4.29. The highest BCUT2D eigenvalue weighted by atomic mass is 16.6. The second kappa shape index (κ2) is 17.9. The lowest BCUT2D eigenvalue weighted by Crippen LogP contribution is -2.53. The van der Waals surface area contributed by atoms with Crippen LogP contribution in [0.1, 0.15) is 111 Å². The minimum atomic E-state index is -1.20. The molecule has 1 aliphatic carbocycles. The van der Waals surface area contributed by atoms with Gasteiger partial charge >= 0.3 is 24.2 Å². The van der Waals surface area contributed by atoms with E-state index >= 15 is 0 Å². The van der Waals surface area contributed by atoms with Gasteiger partial charge in [0, 0.05) is 24.5 Å². The van der Waals surface area contributed by atoms with Crippen molar-refractivity contribution in [2.24, 2.45) is 5.73 Å². The van der Waals surface area contributed by atoms with Crippen molar-refractivity contribution in [1.82, 2.24) is 20.5 Å². The third-order valence-electron chi connectivity index (χ3n) is 7.97. The van der Waals surface area contributed by atoms with Gasteiger partial charge in [-0.1, -0.05) is 43.9 Å². The smallest absolute Gasteiger partial charge is 0.419 e. The van der Waals surface area contributed by atoms with E-state index < -0.39 is 53.4 Å². The number of fused-ring (bicyclic) bond motifs is 1. The minimum Gasteiger partial charge on any atom is -0.461 e. The molecule has 3 rings (SSSR count). The van der Waals surface area contributed by atoms with Gasteiger partial charge in [0.25, 0.3) is 0 Å². The average molecular weight is 686 g/mol. The molecular formula is C36H55N5O8. The van der Waals surface area contributed by atoms with Gasteiger partial charge in [-0.25, -0.2) is 19.2 Å². The molecule has 2 aromatic rings. The van der Waals surface area contributed by atoms with Crippen molar-refractivity contribution >= 4 is 41.0 Å². The van der Waals surface area contributed by atoms with E-state index in [-0.39, 0.29) is 25.5 Å². The summed E-state index contributed by atoms with van der Waals surface area (Å²) in [5.74, 6) is -1.21. The first-order chi connectivity index (χ1) is 23.0. The van der Waals surface area contributed by atoms with Gasteiger partial charge in [-0.3, -0.25) is 9.36 Å². The first-order valence-corrected chi connectivity index (χ1v) is 17.4. The number of ether oxygens (including phenoxy) is 3. The number of esters is 1. The highest BCUT2D eigenvalue weighted by Crippen LogP contribution is 2.25. The zero-order valence-corrected chi connectivity index (χ0v) is 29.9. The van der Waals surface area contributed by atoms with Crippen LogP contribution in [0.15, 0.2) is 30.5 Å². The molecule has 5 N–H and O–H groups in total. The lowest BCUT2D eigenvalue weighted by molar-refractivity contribution is -0.154. The van der Waals surface area contributed by atoms with Crippen LogP contribution in [-0.4, -0.2) is 70.6 Å². The number of carbonyl (C=O) groups excluding carboxylic acids is 5. The zero-order chi connectivity index (χ0) is 36.2. The number of aromatic nitrogens is 1. The van der Waals surface area contributed by atoms with E-state index in [0.717, 1.165) is 51.4 Å². The van der Waals surface area contributed by atoms with E-state index in [4.69, 9.17) is 19.9 Å². The van der Waals surface area contributed by atoms with Crippen molar-refractivity contribution in [2.75, 3.05) is 6.54 Å². The SMILES string of the molecule is CC(C)(C)OC(=O)N[C@H](Cc1cn(C(=O)OC(C)(C)C)c2ccccc12)C(=O)NC(CCCNC(N)=O)C(=O)OC1CCCCCCCC1. The van der Waals surface area contributed by atoms with Gasteiger partial charge in [-0.05, 0) is 91.7 Å². The summed E-state index contributed by atoms with van der Waals surface area (Å²) in [6.07, 6.45) is 8.27. The zero-order valence-electron chi connectivity index (χ0n) is 29.9. The van der Waals surface area contributed by atoms with Crippen LogP contribution >= 0.6 is 0 Å². The fourth-order valence-electron chi connectivity index (χ4n) is 5.75. The maximum atomic E-state index is 14.0. The minimum absolute atomic E-state index is 0.0327. The number of amides is 4. The molecule has 0 aliphatic heterocycles. The Labute approximate surface area is 289 Å². The number of benzene rings is 1. The molecule has 13 heteroatoms. The average Bonchev–Trinajstić information content (AvgIpc) is 3.41. The van der Waals surface area contributed by atoms with Crippen LogP contribution < -0.4 is 21.7 Å². The van der Waals surface area contributed by atoms with Gasteiger partial charge in [0.05, 0.1) is 5.52 Å². The van der Waals surface area contributed by atoms with Crippen molar-refractivity contribution < 1.29 is 38.2 Å². The largest absolute Gasteiger partial charge is 0.461 e. The molecule has 1 unspecified atom stereocenters. The standard InChI is InChI=1S/C36H55N5O8/c1-35(2,3)48-33(45)40-28(22-24-23-41(34(46)49-36(4,5)6)29-20-14-13-18-26(24)29)30(42)39-27(19-15-21-38-32(37)44)31(43)47-25-16-11-9-7-8-10-12-17-25/h13-14,18,20,23,25,27-28H,7-12,15-17,19,21-22H2,1-6H3,(H,39,42)(H,40,45)(H3,37,38,44)/t27?,28-/m1/s1. The molecule has 0 saturated heterocycles. The Morgan fingerprint density at radius 3 is 2.08 bits per heavy atom. The lowest BCUT2D eigenvalue weighted by atomic mass is 10.0. The summed E-state index contributed by atoms with van der Waals surface area (Å²) in [4.78, 5) is 65.0. The third-order valence-corrected chi connectivity index (χ3v) is 7.97. The predicted molar refractivity (Wildman–Crippen MR) is 186 cm³/mol. The number of rotatable bonds is 11. The Morgan fingerprint density at radius 2 is 1.47 bits per heavy atom. The maximum absolute atomic E-state index is 14.0. The molecule has 1 saturated carbocycles. The van der Waals surface area contributed by atoms with E-state index in [1.165, 1.54) is 4.57 Å². The summed E-state index contributed by atoms with van der Waals surface area (Å²) in [5.41, 5.74) is 4.79. The van der Waals surface area contributed by atoms with E-state index in [0.29, 0.717) is 22.9 Å². The molecule has 0 bridgehead atoms. The molecule has 2 atom stereocenters. The molecule has 272 valence electrons. The second-order valence-electron chi connectivity index (χ2n) is 14.7. The van der Waals surface area contributed by atoms with Crippen LogP contribution in [0.2, 0.25) is 0 Å². The molecule has 1 heterocycles. The number of urea groups is 1. The Bertz CT molecular complexity index is 1430. The van der Waals surface area contributed by atoms with Gasteiger partial charge in [0.2, 0.25) is 5.91 Å². The van der Waals surface area contributed by atoms with Crippen LogP contribution in [0.25, 0.3) is 10.9 Å². The highest BCUT2D eigenvalue weighted by Gasteiger charge is 2.32. The number of hydrogen-bond donors (Lipinski definition) is 4. The van der Waals surface area contributed by atoms with Gasteiger partial charge in [-0.15, -0.1) is 0 Å². The van der Waals surface area contributed by atoms with Crippen LogP contribution in [0.4, 0.5) is 14.4 Å². The van der Waals surface area contributed by atoms with Crippen molar-refractivity contribution in [3.8, 4) is 0 Å². The first kappa shape index (κ1) is 39.2. The quantitative estimate of drug-likeness (QED) is 0.129. The number of carbonyl (C=O) groups is 5. The number of alkyl carbamates (subject to hydrolysis) is 1. The highest BCUT2D eigenvalue weighted by molar-refractivity contribution is 5.94. The molecular weight excluding hydrogens is 630 g/mol. The molecule has 13 nitrogen and oxygen atoms in total. The maximum Gasteiger partial charge on any atom is 0.419 e. The van der Waals surface area contributed by atoms with Gasteiger partial charge in [0.15, 0.2) is 0 Å². The van der Waals surface area contributed by atoms with E-state index in [1.807, 2.05) is 12.1 Å². The summed E-state index contributed by atoms with van der Waals surface area (Å²) in [6, 6.07) is 4.24. The number of hydrogen-bond acceptors (Lipinski definition) is 8. The van der Waals surface area contributed by atoms with Crippen LogP contribution in [0.3, 0.4) is 0 Å². The molecule has 0 spiro atoms. The van der Waals surface area contributed by atoms with Gasteiger partial charge in [-0.2, -0.15) is 0 Å². The molecule has 0 radical (unpaired) electrons.